The third kappa shape index (κ3) is 5.93. The zero-order valence-corrected chi connectivity index (χ0v) is 13.8. The van der Waals surface area contributed by atoms with Crippen molar-refractivity contribution in [2.75, 3.05) is 7.11 Å². The molecule has 0 radical (unpaired) electrons. The summed E-state index contributed by atoms with van der Waals surface area (Å²) in [5.74, 6) is -0.505. The molecule has 1 atom stereocenters. The molecule has 122 valence electrons. The zero-order valence-electron chi connectivity index (χ0n) is 13.1. The van der Waals surface area contributed by atoms with Crippen LogP contribution in [0, 0.1) is 5.92 Å². The van der Waals surface area contributed by atoms with Gasteiger partial charge in [-0.25, -0.2) is 4.79 Å². The maximum absolute atomic E-state index is 11.9. The van der Waals surface area contributed by atoms with Crippen LogP contribution in [0.3, 0.4) is 0 Å². The van der Waals surface area contributed by atoms with Crippen LogP contribution in [0.5, 0.6) is 5.75 Å². The van der Waals surface area contributed by atoms with Crippen molar-refractivity contribution in [2.45, 2.75) is 39.2 Å². The summed E-state index contributed by atoms with van der Waals surface area (Å²) < 4.78 is 5.06. The van der Waals surface area contributed by atoms with Gasteiger partial charge in [-0.05, 0) is 36.5 Å². The molecule has 0 fully saturated rings. The van der Waals surface area contributed by atoms with E-state index in [2.05, 4.69) is 5.32 Å². The summed E-state index contributed by atoms with van der Waals surface area (Å²) in [5, 5.41) is 12.2. The lowest BCUT2D eigenvalue weighted by Crippen LogP contribution is -2.41. The van der Waals surface area contributed by atoms with Gasteiger partial charge in [0, 0.05) is 6.42 Å². The van der Waals surface area contributed by atoms with E-state index in [9.17, 15) is 9.59 Å². The molecule has 22 heavy (non-hydrogen) atoms. The number of methoxy groups -OCH3 is 1. The number of rotatable bonds is 8. The van der Waals surface area contributed by atoms with Gasteiger partial charge in [-0.2, -0.15) is 0 Å². The second-order valence-electron chi connectivity index (χ2n) is 5.56. The summed E-state index contributed by atoms with van der Waals surface area (Å²) in [5.41, 5.74) is 0.900. The van der Waals surface area contributed by atoms with Crippen LogP contribution in [0.25, 0.3) is 0 Å². The van der Waals surface area contributed by atoms with E-state index in [4.69, 9.17) is 21.4 Å². The molecule has 1 amide bonds. The number of carboxylic acid groups (broad SMARTS) is 1. The molecule has 0 saturated heterocycles. The first-order valence-electron chi connectivity index (χ1n) is 7.18. The third-order valence-corrected chi connectivity index (χ3v) is 3.49. The first-order chi connectivity index (χ1) is 10.3. The molecule has 0 heterocycles. The van der Waals surface area contributed by atoms with Gasteiger partial charge in [0.15, 0.2) is 0 Å². The Morgan fingerprint density at radius 3 is 2.55 bits per heavy atom. The number of hydrogen-bond acceptors (Lipinski definition) is 3. The van der Waals surface area contributed by atoms with Gasteiger partial charge in [-0.1, -0.05) is 31.5 Å². The molecule has 1 aromatic carbocycles. The Kier molecular flexibility index (Phi) is 7.18. The maximum atomic E-state index is 11.9. The summed E-state index contributed by atoms with van der Waals surface area (Å²) >= 11 is 6.02. The molecule has 0 aliphatic rings. The molecule has 1 rings (SSSR count). The highest BCUT2D eigenvalue weighted by Crippen LogP contribution is 2.25. The highest BCUT2D eigenvalue weighted by atomic mass is 35.5. The van der Waals surface area contributed by atoms with Crippen molar-refractivity contribution in [3.63, 3.8) is 0 Å². The largest absolute Gasteiger partial charge is 0.495 e. The fourth-order valence-corrected chi connectivity index (χ4v) is 2.36. The smallest absolute Gasteiger partial charge is 0.326 e. The van der Waals surface area contributed by atoms with Gasteiger partial charge in [0.05, 0.1) is 12.1 Å². The van der Waals surface area contributed by atoms with Crippen LogP contribution in [0.15, 0.2) is 18.2 Å². The van der Waals surface area contributed by atoms with Crippen LogP contribution in [-0.2, 0) is 16.0 Å². The van der Waals surface area contributed by atoms with Gasteiger partial charge in [-0.15, -0.1) is 0 Å². The Bertz CT molecular complexity index is 531. The summed E-state index contributed by atoms with van der Waals surface area (Å²) in [6.45, 7) is 3.84. The minimum atomic E-state index is -1.01. The molecule has 0 aromatic heterocycles. The summed E-state index contributed by atoms with van der Waals surface area (Å²) in [6.07, 6.45) is 1.11. The fraction of sp³-hybridized carbons (Fsp3) is 0.500. The van der Waals surface area contributed by atoms with Crippen molar-refractivity contribution in [1.82, 2.24) is 5.32 Å². The van der Waals surface area contributed by atoms with Crippen molar-refractivity contribution in [3.05, 3.63) is 28.8 Å². The van der Waals surface area contributed by atoms with Crippen molar-refractivity contribution in [3.8, 4) is 5.75 Å². The Balaban J connectivity index is 2.54. The second kappa shape index (κ2) is 8.63. The fourth-order valence-electron chi connectivity index (χ4n) is 2.08. The van der Waals surface area contributed by atoms with Gasteiger partial charge >= 0.3 is 5.97 Å². The molecule has 0 spiro atoms. The molecule has 1 aromatic rings. The number of hydrogen-bond donors (Lipinski definition) is 2. The molecule has 0 unspecified atom stereocenters. The number of carbonyl (C=O) groups excluding carboxylic acids is 1. The van der Waals surface area contributed by atoms with Crippen molar-refractivity contribution in [2.24, 2.45) is 5.92 Å². The summed E-state index contributed by atoms with van der Waals surface area (Å²) in [4.78, 5) is 23.0. The second-order valence-corrected chi connectivity index (χ2v) is 5.96. The number of halogens is 1. The van der Waals surface area contributed by atoms with Gasteiger partial charge in [0.2, 0.25) is 5.91 Å². The van der Waals surface area contributed by atoms with E-state index < -0.39 is 12.0 Å². The van der Waals surface area contributed by atoms with E-state index in [0.29, 0.717) is 23.6 Å². The lowest BCUT2D eigenvalue weighted by molar-refractivity contribution is -0.142. The molecular formula is C16H22ClNO4. The first kappa shape index (κ1) is 18.3. The van der Waals surface area contributed by atoms with Gasteiger partial charge < -0.3 is 15.2 Å². The van der Waals surface area contributed by atoms with E-state index in [1.165, 1.54) is 7.11 Å². The van der Waals surface area contributed by atoms with E-state index in [1.54, 1.807) is 12.1 Å². The third-order valence-electron chi connectivity index (χ3n) is 3.20. The Morgan fingerprint density at radius 1 is 1.36 bits per heavy atom. The van der Waals surface area contributed by atoms with Gasteiger partial charge in [0.25, 0.3) is 0 Å². The van der Waals surface area contributed by atoms with E-state index in [0.717, 1.165) is 5.56 Å². The molecule has 0 aliphatic carbocycles. The zero-order chi connectivity index (χ0) is 16.7. The lowest BCUT2D eigenvalue weighted by atomic mass is 10.0. The Morgan fingerprint density at radius 2 is 2.05 bits per heavy atom. The molecule has 0 saturated carbocycles. The first-order valence-corrected chi connectivity index (χ1v) is 7.55. The number of carbonyl (C=O) groups is 2. The van der Waals surface area contributed by atoms with Crippen molar-refractivity contribution >= 4 is 23.5 Å². The number of nitrogens with one attached hydrogen (secondary N) is 1. The number of carboxylic acids is 1. The van der Waals surface area contributed by atoms with E-state index >= 15 is 0 Å². The molecule has 5 nitrogen and oxygen atoms in total. The quantitative estimate of drug-likeness (QED) is 0.769. The number of ether oxygens (including phenoxy) is 1. The molecule has 0 bridgehead atoms. The van der Waals surface area contributed by atoms with Crippen LogP contribution >= 0.6 is 11.6 Å². The summed E-state index contributed by atoms with van der Waals surface area (Å²) in [6, 6.07) is 4.48. The number of benzene rings is 1. The lowest BCUT2D eigenvalue weighted by Gasteiger charge is -2.16. The van der Waals surface area contributed by atoms with E-state index in [1.807, 2.05) is 19.9 Å². The Labute approximate surface area is 135 Å². The number of amides is 1. The van der Waals surface area contributed by atoms with E-state index in [-0.39, 0.29) is 18.2 Å². The standard InChI is InChI=1S/C16H22ClNO4/c1-10(2)8-13(16(20)21)18-15(19)7-5-11-4-6-14(22-3)12(17)9-11/h4,6,9-10,13H,5,7-8H2,1-3H3,(H,18,19)(H,20,21)/t13-/m0/s1. The predicted octanol–water partition coefficient (Wildman–Crippen LogP) is 2.90. The molecule has 0 aliphatic heterocycles. The van der Waals surface area contributed by atoms with Crippen LogP contribution < -0.4 is 10.1 Å². The SMILES string of the molecule is COc1ccc(CCC(=O)N[C@@H](CC(C)C)C(=O)O)cc1Cl. The van der Waals surface area contributed by atoms with Crippen LogP contribution in [0.2, 0.25) is 5.02 Å². The molecule has 6 heteroatoms. The average Bonchev–Trinajstić information content (AvgIpc) is 2.44. The van der Waals surface area contributed by atoms with Crippen LogP contribution in [0.4, 0.5) is 0 Å². The van der Waals surface area contributed by atoms with Crippen molar-refractivity contribution in [1.29, 1.82) is 0 Å². The topological polar surface area (TPSA) is 75.6 Å². The van der Waals surface area contributed by atoms with Crippen LogP contribution in [-0.4, -0.2) is 30.1 Å². The monoisotopic (exact) mass is 327 g/mol. The van der Waals surface area contributed by atoms with Gasteiger partial charge in [-0.3, -0.25) is 4.79 Å². The maximum Gasteiger partial charge on any atom is 0.326 e. The average molecular weight is 328 g/mol. The summed E-state index contributed by atoms with van der Waals surface area (Å²) in [7, 11) is 1.54. The minimum absolute atomic E-state index is 0.196. The van der Waals surface area contributed by atoms with Gasteiger partial charge in [0.1, 0.15) is 11.8 Å². The number of aryl methyl sites for hydroxylation is 1. The van der Waals surface area contributed by atoms with Crippen molar-refractivity contribution < 1.29 is 19.4 Å². The van der Waals surface area contributed by atoms with Crippen LogP contribution in [0.1, 0.15) is 32.3 Å². The normalized spacial score (nSPS) is 12.0. The highest BCUT2D eigenvalue weighted by molar-refractivity contribution is 6.32. The Hall–Kier alpha value is -1.75. The predicted molar refractivity (Wildman–Crippen MR) is 85.3 cm³/mol. The number of aliphatic carboxylic acids is 1. The minimum Gasteiger partial charge on any atom is -0.495 e. The molecular weight excluding hydrogens is 306 g/mol. The highest BCUT2D eigenvalue weighted by Gasteiger charge is 2.20. The molecule has 2 N–H and O–H groups in total.